The molecule has 0 amide bonds. The van der Waals surface area contributed by atoms with Crippen molar-refractivity contribution in [3.05, 3.63) is 104 Å². The molecule has 0 spiro atoms. The Balaban J connectivity index is 0.000000366. The van der Waals surface area contributed by atoms with Crippen molar-refractivity contribution >= 4 is 6.08 Å². The lowest BCUT2D eigenvalue weighted by atomic mass is 10.1. The first-order valence-electron chi connectivity index (χ1n) is 7.23. The zero-order chi connectivity index (χ0) is 16.6. The third-order valence-corrected chi connectivity index (χ3v) is 2.55. The van der Waals surface area contributed by atoms with Gasteiger partial charge in [-0.3, -0.25) is 0 Å². The molecule has 0 aliphatic rings. The van der Waals surface area contributed by atoms with E-state index in [0.717, 1.165) is 6.54 Å². The molecule has 0 atom stereocenters. The molecular formula is C21H27N. The fraction of sp³-hybridized carbons (Fsp3) is 0.143. The maximum atomic E-state index is 3.71. The van der Waals surface area contributed by atoms with Crippen molar-refractivity contribution in [2.45, 2.75) is 6.54 Å². The Labute approximate surface area is 135 Å². The number of benzene rings is 2. The van der Waals surface area contributed by atoms with E-state index >= 15 is 0 Å². The van der Waals surface area contributed by atoms with Crippen LogP contribution in [0.3, 0.4) is 0 Å². The molecule has 0 aliphatic heterocycles. The Kier molecular flexibility index (Phi) is 12.1. The lowest BCUT2D eigenvalue weighted by molar-refractivity contribution is 0.402. The number of rotatable bonds is 4. The smallest absolute Gasteiger partial charge is 0.0227 e. The average molecular weight is 293 g/mol. The highest BCUT2D eigenvalue weighted by Crippen LogP contribution is 2.06. The van der Waals surface area contributed by atoms with Crippen molar-refractivity contribution in [3.8, 4) is 0 Å². The molecule has 0 fully saturated rings. The third kappa shape index (κ3) is 11.4. The van der Waals surface area contributed by atoms with Crippen LogP contribution in [0.25, 0.3) is 6.08 Å². The summed E-state index contributed by atoms with van der Waals surface area (Å²) < 4.78 is 0. The summed E-state index contributed by atoms with van der Waals surface area (Å²) in [6, 6.07) is 20.5. The van der Waals surface area contributed by atoms with Gasteiger partial charge >= 0.3 is 0 Å². The lowest BCUT2D eigenvalue weighted by Gasteiger charge is -2.09. The summed E-state index contributed by atoms with van der Waals surface area (Å²) in [5.41, 5.74) is 2.52. The summed E-state index contributed by atoms with van der Waals surface area (Å²) in [6.45, 7) is 11.4. The quantitative estimate of drug-likeness (QED) is 0.679. The van der Waals surface area contributed by atoms with Crippen LogP contribution >= 0.6 is 0 Å². The van der Waals surface area contributed by atoms with Crippen LogP contribution in [0.4, 0.5) is 0 Å². The van der Waals surface area contributed by atoms with Crippen molar-refractivity contribution in [3.63, 3.8) is 0 Å². The standard InChI is InChI=1S/C11H15N.C6H6.C4H6/c1-4-10-5-7-11(8-6-10)9-12(2)3;1-2-4-6-5-3-1;1-3-4-2/h4-8H,1,9H2,2-3H3;1-6H;3-4H,1-2H2. The van der Waals surface area contributed by atoms with E-state index < -0.39 is 0 Å². The van der Waals surface area contributed by atoms with Gasteiger partial charge in [0.05, 0.1) is 0 Å². The van der Waals surface area contributed by atoms with Gasteiger partial charge in [0.2, 0.25) is 0 Å². The number of allylic oxidation sites excluding steroid dienone is 2. The Morgan fingerprint density at radius 2 is 1.18 bits per heavy atom. The molecule has 2 aromatic rings. The molecule has 1 nitrogen and oxygen atoms in total. The van der Waals surface area contributed by atoms with Crippen LogP contribution in [0, 0.1) is 0 Å². The van der Waals surface area contributed by atoms with Gasteiger partial charge < -0.3 is 4.90 Å². The summed E-state index contributed by atoms with van der Waals surface area (Å²) in [5.74, 6) is 0. The van der Waals surface area contributed by atoms with Crippen molar-refractivity contribution in [2.75, 3.05) is 14.1 Å². The molecule has 2 rings (SSSR count). The van der Waals surface area contributed by atoms with Crippen LogP contribution in [0.1, 0.15) is 11.1 Å². The molecule has 2 aromatic carbocycles. The van der Waals surface area contributed by atoms with Gasteiger partial charge in [0.15, 0.2) is 0 Å². The second kappa shape index (κ2) is 13.6. The minimum Gasteiger partial charge on any atom is -0.305 e. The van der Waals surface area contributed by atoms with Gasteiger partial charge in [0.1, 0.15) is 0 Å². The van der Waals surface area contributed by atoms with Crippen LogP contribution in [-0.4, -0.2) is 19.0 Å². The van der Waals surface area contributed by atoms with Crippen LogP contribution in [0.5, 0.6) is 0 Å². The summed E-state index contributed by atoms with van der Waals surface area (Å²) in [4.78, 5) is 2.16. The predicted octanol–water partition coefficient (Wildman–Crippen LogP) is 5.44. The first-order chi connectivity index (χ1) is 10.6. The molecule has 0 unspecified atom stereocenters. The van der Waals surface area contributed by atoms with Gasteiger partial charge in [-0.25, -0.2) is 0 Å². The van der Waals surface area contributed by atoms with E-state index in [1.54, 1.807) is 12.2 Å². The minimum absolute atomic E-state index is 0.997. The fourth-order valence-corrected chi connectivity index (χ4v) is 1.51. The molecule has 0 heterocycles. The molecule has 0 bridgehead atoms. The van der Waals surface area contributed by atoms with Crippen molar-refractivity contribution in [1.29, 1.82) is 0 Å². The highest BCUT2D eigenvalue weighted by molar-refractivity contribution is 5.47. The number of nitrogens with zero attached hydrogens (tertiary/aromatic N) is 1. The second-order valence-corrected chi connectivity index (χ2v) is 4.81. The third-order valence-electron chi connectivity index (χ3n) is 2.55. The average Bonchev–Trinajstić information content (AvgIpc) is 2.57. The number of hydrogen-bond donors (Lipinski definition) is 0. The monoisotopic (exact) mass is 293 g/mol. The molecule has 0 aromatic heterocycles. The summed E-state index contributed by atoms with van der Waals surface area (Å²) >= 11 is 0. The van der Waals surface area contributed by atoms with Crippen molar-refractivity contribution in [1.82, 2.24) is 4.90 Å². The Bertz CT molecular complexity index is 477. The molecule has 1 heteroatoms. The maximum absolute atomic E-state index is 3.71. The normalized spacial score (nSPS) is 8.68. The van der Waals surface area contributed by atoms with Crippen molar-refractivity contribution in [2.24, 2.45) is 0 Å². The molecule has 116 valence electrons. The highest BCUT2D eigenvalue weighted by atomic mass is 15.0. The molecule has 22 heavy (non-hydrogen) atoms. The van der Waals surface area contributed by atoms with E-state index in [1.165, 1.54) is 11.1 Å². The van der Waals surface area contributed by atoms with Crippen molar-refractivity contribution < 1.29 is 0 Å². The highest BCUT2D eigenvalue weighted by Gasteiger charge is 1.93. The Morgan fingerprint density at radius 3 is 1.45 bits per heavy atom. The van der Waals surface area contributed by atoms with Gasteiger partial charge in [0, 0.05) is 6.54 Å². The van der Waals surface area contributed by atoms with Gasteiger partial charge in [-0.15, -0.1) is 0 Å². The van der Waals surface area contributed by atoms with E-state index in [0.29, 0.717) is 0 Å². The molecule has 0 aliphatic carbocycles. The van der Waals surface area contributed by atoms with Gasteiger partial charge in [-0.2, -0.15) is 0 Å². The Hall–Kier alpha value is -2.38. The van der Waals surface area contributed by atoms with Gasteiger partial charge in [0.25, 0.3) is 0 Å². The van der Waals surface area contributed by atoms with Crippen LogP contribution in [0.15, 0.2) is 92.6 Å². The molecule has 0 N–H and O–H groups in total. The van der Waals surface area contributed by atoms with Gasteiger partial charge in [-0.05, 0) is 25.2 Å². The number of hydrogen-bond acceptors (Lipinski definition) is 1. The first-order valence-corrected chi connectivity index (χ1v) is 7.23. The SMILES string of the molecule is C=CC=C.C=Cc1ccc(CN(C)C)cc1.c1ccccc1. The topological polar surface area (TPSA) is 3.24 Å². The maximum Gasteiger partial charge on any atom is 0.0227 e. The zero-order valence-corrected chi connectivity index (χ0v) is 13.8. The largest absolute Gasteiger partial charge is 0.305 e. The van der Waals surface area contributed by atoms with E-state index in [2.05, 4.69) is 63.0 Å². The minimum atomic E-state index is 0.997. The van der Waals surface area contributed by atoms with E-state index in [-0.39, 0.29) is 0 Å². The Morgan fingerprint density at radius 1 is 0.773 bits per heavy atom. The summed E-state index contributed by atoms with van der Waals surface area (Å²) in [6.07, 6.45) is 5.14. The first kappa shape index (κ1) is 19.6. The fourth-order valence-electron chi connectivity index (χ4n) is 1.51. The molecule has 0 saturated carbocycles. The molecular weight excluding hydrogens is 266 g/mol. The predicted molar refractivity (Wildman–Crippen MR) is 101 cm³/mol. The van der Waals surface area contributed by atoms with E-state index in [1.807, 2.05) is 42.5 Å². The summed E-state index contributed by atoms with van der Waals surface area (Å²) in [7, 11) is 4.14. The zero-order valence-electron chi connectivity index (χ0n) is 13.8. The molecule has 0 radical (unpaired) electrons. The van der Waals surface area contributed by atoms with Crippen LogP contribution < -0.4 is 0 Å². The second-order valence-electron chi connectivity index (χ2n) is 4.81. The van der Waals surface area contributed by atoms with E-state index in [4.69, 9.17) is 0 Å². The van der Waals surface area contributed by atoms with Gasteiger partial charge in [-0.1, -0.05) is 98.6 Å². The van der Waals surface area contributed by atoms with Crippen LogP contribution in [0.2, 0.25) is 0 Å². The van der Waals surface area contributed by atoms with E-state index in [9.17, 15) is 0 Å². The lowest BCUT2D eigenvalue weighted by Crippen LogP contribution is -2.10. The molecule has 0 saturated heterocycles. The van der Waals surface area contributed by atoms with Crippen LogP contribution in [-0.2, 0) is 6.54 Å². The summed E-state index contributed by atoms with van der Waals surface area (Å²) in [5, 5.41) is 0.